The van der Waals surface area contributed by atoms with E-state index in [4.69, 9.17) is 32.4 Å². The van der Waals surface area contributed by atoms with E-state index >= 15 is 0 Å². The Labute approximate surface area is 174 Å². The molecule has 0 aliphatic carbocycles. The van der Waals surface area contributed by atoms with Gasteiger partial charge >= 0.3 is 5.97 Å². The third-order valence-corrected chi connectivity index (χ3v) is 5.00. The summed E-state index contributed by atoms with van der Waals surface area (Å²) in [6, 6.07) is 4.13. The highest BCUT2D eigenvalue weighted by Gasteiger charge is 2.25. The van der Waals surface area contributed by atoms with Crippen LogP contribution in [0.4, 0.5) is 0 Å². The maximum Gasteiger partial charge on any atom is 0.341 e. The molecule has 8 nitrogen and oxygen atoms in total. The third kappa shape index (κ3) is 3.30. The quantitative estimate of drug-likeness (QED) is 0.488. The van der Waals surface area contributed by atoms with Gasteiger partial charge in [0.25, 0.3) is 5.91 Å². The number of amides is 1. The first kappa shape index (κ1) is 19.2. The summed E-state index contributed by atoms with van der Waals surface area (Å²) in [5.74, 6) is -0.718. The van der Waals surface area contributed by atoms with Crippen LogP contribution in [0.5, 0.6) is 0 Å². The van der Waals surface area contributed by atoms with Gasteiger partial charge in [-0.05, 0) is 25.1 Å². The molecule has 0 saturated carbocycles. The zero-order valence-electron chi connectivity index (χ0n) is 15.3. The third-order valence-electron chi connectivity index (χ3n) is 4.39. The van der Waals surface area contributed by atoms with Crippen LogP contribution < -0.4 is 5.32 Å². The lowest BCUT2D eigenvalue weighted by atomic mass is 10.1. The number of esters is 1. The second-order valence-electron chi connectivity index (χ2n) is 6.24. The second kappa shape index (κ2) is 7.38. The Hall–Kier alpha value is -3.10. The van der Waals surface area contributed by atoms with Gasteiger partial charge in [0.05, 0.1) is 24.4 Å². The van der Waals surface area contributed by atoms with Gasteiger partial charge < -0.3 is 14.5 Å². The Morgan fingerprint density at radius 1 is 1.28 bits per heavy atom. The van der Waals surface area contributed by atoms with E-state index in [9.17, 15) is 9.59 Å². The highest BCUT2D eigenvalue weighted by molar-refractivity contribution is 6.38. The van der Waals surface area contributed by atoms with E-state index in [0.29, 0.717) is 21.6 Å². The topological polar surface area (TPSA) is 98.7 Å². The minimum atomic E-state index is -0.608. The summed E-state index contributed by atoms with van der Waals surface area (Å²) in [5, 5.41) is 7.92. The molecular weight excluding hydrogens is 419 g/mol. The second-order valence-corrected chi connectivity index (χ2v) is 7.06. The number of aromatic nitrogens is 3. The summed E-state index contributed by atoms with van der Waals surface area (Å²) >= 11 is 12.6. The molecule has 0 saturated heterocycles. The van der Waals surface area contributed by atoms with Crippen molar-refractivity contribution < 1.29 is 18.7 Å². The molecule has 0 aliphatic heterocycles. The average Bonchev–Trinajstić information content (AvgIpc) is 3.28. The number of hydrogen-bond donors (Lipinski definition) is 1. The Kier molecular flexibility index (Phi) is 4.89. The van der Waals surface area contributed by atoms with Gasteiger partial charge in [0.15, 0.2) is 11.2 Å². The van der Waals surface area contributed by atoms with Gasteiger partial charge in [0.1, 0.15) is 16.9 Å². The monoisotopic (exact) mass is 432 g/mol. The molecule has 0 bridgehead atoms. The van der Waals surface area contributed by atoms with Crippen molar-refractivity contribution in [3.63, 3.8) is 0 Å². The van der Waals surface area contributed by atoms with Crippen molar-refractivity contribution in [1.82, 2.24) is 19.9 Å². The number of ether oxygens (including phenoxy) is 1. The molecule has 0 spiro atoms. The van der Waals surface area contributed by atoms with E-state index in [-0.39, 0.29) is 21.9 Å². The average molecular weight is 433 g/mol. The van der Waals surface area contributed by atoms with Crippen LogP contribution in [-0.4, -0.2) is 33.6 Å². The van der Waals surface area contributed by atoms with E-state index in [1.807, 2.05) is 0 Å². The van der Waals surface area contributed by atoms with Gasteiger partial charge in [0.2, 0.25) is 0 Å². The van der Waals surface area contributed by atoms with Crippen molar-refractivity contribution in [1.29, 1.82) is 0 Å². The SMILES string of the molecule is COC(=O)c1cc(Cl)cc2c(Cl)c([C@H](C)NC(=O)c3cnn4cccnc34)oc12. The molecule has 1 amide bonds. The number of furan rings is 1. The molecule has 0 radical (unpaired) electrons. The fraction of sp³-hybridized carbons (Fsp3) is 0.158. The summed E-state index contributed by atoms with van der Waals surface area (Å²) in [4.78, 5) is 28.9. The Morgan fingerprint density at radius 3 is 2.83 bits per heavy atom. The van der Waals surface area contributed by atoms with Crippen molar-refractivity contribution in [2.24, 2.45) is 0 Å². The highest BCUT2D eigenvalue weighted by atomic mass is 35.5. The molecular formula is C19H14Cl2N4O4. The number of benzene rings is 1. The van der Waals surface area contributed by atoms with Crippen LogP contribution in [0.2, 0.25) is 10.0 Å². The standard InChI is InChI=1S/C19H14Cl2N4O4/c1-9(24-18(26)13-8-23-25-5-3-4-22-17(13)25)15-14(21)11-6-10(20)7-12(16(11)29-15)19(27)28-2/h3-9H,1-2H3,(H,24,26)/t9-/m0/s1. The maximum atomic E-state index is 12.7. The minimum absolute atomic E-state index is 0.147. The smallest absolute Gasteiger partial charge is 0.341 e. The molecule has 4 aromatic rings. The van der Waals surface area contributed by atoms with Crippen molar-refractivity contribution in [3.8, 4) is 0 Å². The van der Waals surface area contributed by atoms with Crippen molar-refractivity contribution in [2.75, 3.05) is 7.11 Å². The first-order valence-corrected chi connectivity index (χ1v) is 9.25. The van der Waals surface area contributed by atoms with Gasteiger partial charge in [-0.25, -0.2) is 14.3 Å². The van der Waals surface area contributed by atoms with Gasteiger partial charge in [-0.3, -0.25) is 4.79 Å². The summed E-state index contributed by atoms with van der Waals surface area (Å²) in [6.45, 7) is 1.71. The van der Waals surface area contributed by atoms with E-state index in [2.05, 4.69) is 15.4 Å². The predicted molar refractivity (Wildman–Crippen MR) is 106 cm³/mol. The van der Waals surface area contributed by atoms with Crippen molar-refractivity contribution >= 4 is 51.7 Å². The molecule has 0 aliphatic rings. The van der Waals surface area contributed by atoms with Crippen LogP contribution in [0.25, 0.3) is 16.6 Å². The van der Waals surface area contributed by atoms with E-state index in [1.54, 1.807) is 31.5 Å². The lowest BCUT2D eigenvalue weighted by molar-refractivity contribution is 0.0601. The first-order valence-electron chi connectivity index (χ1n) is 8.49. The Morgan fingerprint density at radius 2 is 2.07 bits per heavy atom. The van der Waals surface area contributed by atoms with Crippen LogP contribution in [0.15, 0.2) is 41.2 Å². The number of nitrogens with zero attached hydrogens (tertiary/aromatic N) is 3. The van der Waals surface area contributed by atoms with E-state index in [0.717, 1.165) is 0 Å². The van der Waals surface area contributed by atoms with Gasteiger partial charge in [-0.1, -0.05) is 23.2 Å². The fourth-order valence-corrected chi connectivity index (χ4v) is 3.58. The molecule has 148 valence electrons. The molecule has 4 rings (SSSR count). The number of halogens is 2. The molecule has 3 heterocycles. The molecule has 29 heavy (non-hydrogen) atoms. The lowest BCUT2D eigenvalue weighted by Gasteiger charge is -2.11. The van der Waals surface area contributed by atoms with Gasteiger partial charge in [-0.15, -0.1) is 0 Å². The van der Waals surface area contributed by atoms with Crippen LogP contribution in [0.3, 0.4) is 0 Å². The van der Waals surface area contributed by atoms with Gasteiger partial charge in [0, 0.05) is 22.8 Å². The molecule has 1 aromatic carbocycles. The Balaban J connectivity index is 1.70. The molecule has 10 heteroatoms. The van der Waals surface area contributed by atoms with E-state index in [1.165, 1.54) is 23.9 Å². The van der Waals surface area contributed by atoms with Crippen molar-refractivity contribution in [2.45, 2.75) is 13.0 Å². The van der Waals surface area contributed by atoms with Gasteiger partial charge in [-0.2, -0.15) is 5.10 Å². The van der Waals surface area contributed by atoms with Crippen LogP contribution >= 0.6 is 23.2 Å². The number of fused-ring (bicyclic) bond motifs is 2. The van der Waals surface area contributed by atoms with Crippen LogP contribution in [-0.2, 0) is 4.74 Å². The molecule has 1 atom stereocenters. The molecule has 3 aromatic heterocycles. The fourth-order valence-electron chi connectivity index (χ4n) is 3.02. The predicted octanol–water partition coefficient (Wildman–Crippen LogP) is 4.06. The summed E-state index contributed by atoms with van der Waals surface area (Å²) in [7, 11) is 1.26. The summed E-state index contributed by atoms with van der Waals surface area (Å²) in [6.07, 6.45) is 4.70. The normalized spacial score (nSPS) is 12.3. The maximum absolute atomic E-state index is 12.7. The number of rotatable bonds is 4. The lowest BCUT2D eigenvalue weighted by Crippen LogP contribution is -2.26. The van der Waals surface area contributed by atoms with Crippen molar-refractivity contribution in [3.05, 3.63) is 63.7 Å². The summed E-state index contributed by atoms with van der Waals surface area (Å²) in [5.41, 5.74) is 1.11. The number of methoxy groups -OCH3 is 1. The largest absolute Gasteiger partial charge is 0.465 e. The first-order chi connectivity index (χ1) is 13.9. The van der Waals surface area contributed by atoms with E-state index < -0.39 is 17.9 Å². The highest BCUT2D eigenvalue weighted by Crippen LogP contribution is 2.38. The minimum Gasteiger partial charge on any atom is -0.465 e. The number of carbonyl (C=O) groups excluding carboxylic acids is 2. The van der Waals surface area contributed by atoms with Crippen LogP contribution in [0, 0.1) is 0 Å². The Bertz CT molecular complexity index is 1260. The molecule has 0 fully saturated rings. The number of hydrogen-bond acceptors (Lipinski definition) is 6. The zero-order valence-corrected chi connectivity index (χ0v) is 16.8. The zero-order chi connectivity index (χ0) is 20.7. The number of nitrogens with one attached hydrogen (secondary N) is 1. The van der Waals surface area contributed by atoms with Crippen LogP contribution in [0.1, 0.15) is 39.4 Å². The molecule has 0 unspecified atom stereocenters. The summed E-state index contributed by atoms with van der Waals surface area (Å²) < 4.78 is 12.1. The number of carbonyl (C=O) groups is 2. The molecule has 1 N–H and O–H groups in total.